The zero-order valence-electron chi connectivity index (χ0n) is 11.0. The number of anilines is 1. The summed E-state index contributed by atoms with van der Waals surface area (Å²) in [4.78, 5) is 34.7. The van der Waals surface area contributed by atoms with Crippen molar-refractivity contribution < 1.29 is 27.5 Å². The maximum absolute atomic E-state index is 12.1. The zero-order chi connectivity index (χ0) is 15.6. The largest absolute Gasteiger partial charge is 0.465 e. The van der Waals surface area contributed by atoms with Crippen LogP contribution in [0.5, 0.6) is 0 Å². The van der Waals surface area contributed by atoms with Gasteiger partial charge in [-0.15, -0.1) is 0 Å². The first-order chi connectivity index (χ1) is 9.88. The number of fused-ring (bicyclic) bond motifs is 1. The number of carbonyl (C=O) groups excluding carboxylic acids is 3. The molecule has 0 unspecified atom stereocenters. The number of rotatable bonds is 5. The molecule has 1 aliphatic rings. The Morgan fingerprint density at radius 1 is 1.29 bits per heavy atom. The topological polar surface area (TPSA) is 110 Å². The number of carbonyl (C=O) groups is 3. The van der Waals surface area contributed by atoms with Crippen molar-refractivity contribution in [3.8, 4) is 0 Å². The highest BCUT2D eigenvalue weighted by atomic mass is 32.2. The molecule has 0 aromatic heterocycles. The number of hydrogen-bond acceptors (Lipinski definition) is 6. The lowest BCUT2D eigenvalue weighted by atomic mass is 10.1. The highest BCUT2D eigenvalue weighted by Crippen LogP contribution is 2.30. The summed E-state index contributed by atoms with van der Waals surface area (Å²) in [6.07, 6.45) is 0. The quantitative estimate of drug-likeness (QED) is 0.586. The molecule has 9 heteroatoms. The van der Waals surface area contributed by atoms with Crippen LogP contribution in [0.4, 0.5) is 5.69 Å². The molecule has 0 radical (unpaired) electrons. The molecule has 0 spiro atoms. The third kappa shape index (κ3) is 2.78. The first-order valence-corrected chi connectivity index (χ1v) is 7.45. The Kier molecular flexibility index (Phi) is 4.05. The number of esters is 1. The van der Waals surface area contributed by atoms with Crippen molar-refractivity contribution in [2.75, 3.05) is 17.5 Å². The van der Waals surface area contributed by atoms with Crippen LogP contribution in [0.1, 0.15) is 17.3 Å². The Balaban J connectivity index is 2.27. The van der Waals surface area contributed by atoms with Gasteiger partial charge >= 0.3 is 22.1 Å². The molecule has 1 N–H and O–H groups in total. The summed E-state index contributed by atoms with van der Waals surface area (Å²) in [7, 11) is -4.36. The maximum Gasteiger partial charge on any atom is 0.321 e. The van der Waals surface area contributed by atoms with E-state index < -0.39 is 34.4 Å². The number of hydrogen-bond donors (Lipinski definition) is 1. The Bertz CT molecular complexity index is 712. The third-order valence-electron chi connectivity index (χ3n) is 2.69. The van der Waals surface area contributed by atoms with Gasteiger partial charge in [-0.25, -0.2) is 0 Å². The Hall–Kier alpha value is -2.26. The minimum absolute atomic E-state index is 0.00371. The lowest BCUT2D eigenvalue weighted by Gasteiger charge is -2.16. The van der Waals surface area contributed by atoms with Gasteiger partial charge in [0.1, 0.15) is 6.54 Å². The van der Waals surface area contributed by atoms with Gasteiger partial charge in [-0.3, -0.25) is 14.4 Å². The molecular weight excluding hydrogens is 300 g/mol. The van der Waals surface area contributed by atoms with Crippen LogP contribution < -0.4 is 9.03 Å². The fourth-order valence-electron chi connectivity index (χ4n) is 1.82. The van der Waals surface area contributed by atoms with Crippen LogP contribution in [0.25, 0.3) is 0 Å². The predicted molar refractivity (Wildman–Crippen MR) is 71.8 cm³/mol. The number of Topliss-reactive ketones (excluding diaryl/α,β-unsaturated/α-hetero) is 1. The predicted octanol–water partition coefficient (Wildman–Crippen LogP) is -0.387. The van der Waals surface area contributed by atoms with Crippen LogP contribution >= 0.6 is 0 Å². The molecule has 0 bridgehead atoms. The van der Waals surface area contributed by atoms with E-state index in [9.17, 15) is 22.8 Å². The Labute approximate surface area is 120 Å². The Morgan fingerprint density at radius 2 is 1.95 bits per heavy atom. The molecule has 1 amide bonds. The molecule has 0 saturated heterocycles. The Morgan fingerprint density at radius 3 is 2.62 bits per heavy atom. The monoisotopic (exact) mass is 312 g/mol. The van der Waals surface area contributed by atoms with Gasteiger partial charge in [0.2, 0.25) is 0 Å². The lowest BCUT2D eigenvalue weighted by molar-refractivity contribution is -0.141. The van der Waals surface area contributed by atoms with Crippen LogP contribution in [0, 0.1) is 0 Å². The molecule has 2 rings (SSSR count). The second-order valence-electron chi connectivity index (χ2n) is 4.05. The zero-order valence-corrected chi connectivity index (χ0v) is 11.8. The molecule has 21 heavy (non-hydrogen) atoms. The van der Waals surface area contributed by atoms with Crippen molar-refractivity contribution in [2.24, 2.45) is 0 Å². The van der Waals surface area contributed by atoms with Crippen molar-refractivity contribution in [3.63, 3.8) is 0 Å². The normalized spacial score (nSPS) is 14.2. The van der Waals surface area contributed by atoms with Gasteiger partial charge in [0.05, 0.1) is 17.9 Å². The standard InChI is InChI=1S/C12H12N2O6S/c1-2-20-10(15)7-13-21(18,19)14-9-6-4-3-5-8(9)11(16)12(14)17/h3-6,13H,2,7H2,1H3. The first kappa shape index (κ1) is 15.1. The van der Waals surface area contributed by atoms with E-state index in [1.54, 1.807) is 6.92 Å². The van der Waals surface area contributed by atoms with E-state index in [0.717, 1.165) is 0 Å². The van der Waals surface area contributed by atoms with Gasteiger partial charge < -0.3 is 4.74 Å². The smallest absolute Gasteiger partial charge is 0.321 e. The lowest BCUT2D eigenvalue weighted by Crippen LogP contribution is -2.45. The second-order valence-corrected chi connectivity index (χ2v) is 5.65. The van der Waals surface area contributed by atoms with Crippen LogP contribution in [0.15, 0.2) is 24.3 Å². The van der Waals surface area contributed by atoms with E-state index in [4.69, 9.17) is 0 Å². The number of amides is 1. The van der Waals surface area contributed by atoms with Crippen LogP contribution in [-0.4, -0.2) is 39.2 Å². The van der Waals surface area contributed by atoms with Crippen molar-refractivity contribution in [3.05, 3.63) is 29.8 Å². The van der Waals surface area contributed by atoms with Crippen LogP contribution in [0.2, 0.25) is 0 Å². The summed E-state index contributed by atoms with van der Waals surface area (Å²) < 4.78 is 31.0. The van der Waals surface area contributed by atoms with Crippen molar-refractivity contribution >= 4 is 33.6 Å². The summed E-state index contributed by atoms with van der Waals surface area (Å²) >= 11 is 0. The van der Waals surface area contributed by atoms with E-state index in [-0.39, 0.29) is 17.9 Å². The average Bonchev–Trinajstić information content (AvgIpc) is 2.70. The number of para-hydroxylation sites is 1. The molecule has 112 valence electrons. The van der Waals surface area contributed by atoms with E-state index in [0.29, 0.717) is 4.31 Å². The fraction of sp³-hybridized carbons (Fsp3) is 0.250. The van der Waals surface area contributed by atoms with E-state index in [1.165, 1.54) is 24.3 Å². The summed E-state index contributed by atoms with van der Waals surface area (Å²) in [5.41, 5.74) is -0.0344. The van der Waals surface area contributed by atoms with Crippen LogP contribution in [0.3, 0.4) is 0 Å². The molecule has 0 saturated carbocycles. The minimum Gasteiger partial charge on any atom is -0.465 e. The number of ether oxygens (including phenoxy) is 1. The summed E-state index contributed by atoms with van der Waals surface area (Å²) in [6.45, 7) is 1.05. The molecule has 0 aliphatic carbocycles. The fourth-order valence-corrected chi connectivity index (χ4v) is 2.97. The summed E-state index contributed by atoms with van der Waals surface area (Å²) in [5.74, 6) is -2.88. The van der Waals surface area contributed by atoms with Gasteiger partial charge in [0.15, 0.2) is 0 Å². The molecular formula is C12H12N2O6S. The molecule has 0 fully saturated rings. The number of nitrogens with one attached hydrogen (secondary N) is 1. The molecule has 8 nitrogen and oxygen atoms in total. The van der Waals surface area contributed by atoms with Gasteiger partial charge in [0, 0.05) is 0 Å². The average molecular weight is 312 g/mol. The highest BCUT2D eigenvalue weighted by Gasteiger charge is 2.42. The summed E-state index contributed by atoms with van der Waals surface area (Å²) in [5, 5.41) is 0. The first-order valence-electron chi connectivity index (χ1n) is 6.01. The van der Waals surface area contributed by atoms with E-state index in [1.807, 2.05) is 4.72 Å². The molecule has 1 aliphatic heterocycles. The maximum atomic E-state index is 12.1. The molecule has 1 aromatic carbocycles. The molecule has 1 heterocycles. The number of ketones is 1. The van der Waals surface area contributed by atoms with Crippen LogP contribution in [-0.2, 0) is 24.5 Å². The SMILES string of the molecule is CCOC(=O)CNS(=O)(=O)N1C(=O)C(=O)c2ccccc21. The second kappa shape index (κ2) is 5.62. The summed E-state index contributed by atoms with van der Waals surface area (Å²) in [6, 6.07) is 5.71. The van der Waals surface area contributed by atoms with Crippen molar-refractivity contribution in [2.45, 2.75) is 6.92 Å². The third-order valence-corrected chi connectivity index (χ3v) is 4.04. The molecule has 0 atom stereocenters. The van der Waals surface area contributed by atoms with Gasteiger partial charge in [0.25, 0.3) is 5.78 Å². The van der Waals surface area contributed by atoms with Gasteiger partial charge in [-0.1, -0.05) is 12.1 Å². The van der Waals surface area contributed by atoms with Gasteiger partial charge in [-0.05, 0) is 19.1 Å². The van der Waals surface area contributed by atoms with E-state index >= 15 is 0 Å². The number of nitrogens with zero attached hydrogens (tertiary/aromatic N) is 1. The molecule has 1 aromatic rings. The number of benzene rings is 1. The minimum atomic E-state index is -4.36. The van der Waals surface area contributed by atoms with Crippen molar-refractivity contribution in [1.29, 1.82) is 0 Å². The van der Waals surface area contributed by atoms with Crippen molar-refractivity contribution in [1.82, 2.24) is 4.72 Å². The highest BCUT2D eigenvalue weighted by molar-refractivity contribution is 7.91. The van der Waals surface area contributed by atoms with Gasteiger partial charge in [-0.2, -0.15) is 17.4 Å². The van der Waals surface area contributed by atoms with E-state index in [2.05, 4.69) is 4.74 Å².